The number of hydrazone groups is 1. The lowest BCUT2D eigenvalue weighted by Crippen LogP contribution is -2.17. The highest BCUT2D eigenvalue weighted by atomic mass is 19.1. The van der Waals surface area contributed by atoms with E-state index in [1.807, 2.05) is 0 Å². The predicted molar refractivity (Wildman–Crippen MR) is 80.2 cm³/mol. The molecule has 2 aromatic carbocycles. The molecule has 0 saturated carbocycles. The molecule has 1 amide bonds. The van der Waals surface area contributed by atoms with Gasteiger partial charge in [-0.1, -0.05) is 18.2 Å². The van der Waals surface area contributed by atoms with Crippen molar-refractivity contribution in [2.45, 2.75) is 13.5 Å². The minimum absolute atomic E-state index is 0.0182. The van der Waals surface area contributed by atoms with Crippen LogP contribution < -0.4 is 5.43 Å². The third-order valence-electron chi connectivity index (χ3n) is 3.13. The molecule has 114 valence electrons. The first-order chi connectivity index (χ1) is 10.5. The van der Waals surface area contributed by atoms with E-state index in [9.17, 15) is 19.4 Å². The summed E-state index contributed by atoms with van der Waals surface area (Å²) in [4.78, 5) is 11.8. The second-order valence-corrected chi connectivity index (χ2v) is 4.67. The van der Waals surface area contributed by atoms with E-state index in [0.29, 0.717) is 16.7 Å². The van der Waals surface area contributed by atoms with Crippen LogP contribution in [0.2, 0.25) is 0 Å². The average molecular weight is 302 g/mol. The summed E-state index contributed by atoms with van der Waals surface area (Å²) < 4.78 is 13.0. The molecule has 0 bridgehead atoms. The normalized spacial score (nSPS) is 10.9. The van der Waals surface area contributed by atoms with Crippen LogP contribution in [0.15, 0.2) is 41.5 Å². The number of nitrogens with zero attached hydrogens (tertiary/aromatic N) is 1. The topological polar surface area (TPSA) is 81.9 Å². The number of benzene rings is 2. The molecule has 6 heteroatoms. The maximum absolute atomic E-state index is 13.0. The first-order valence-corrected chi connectivity index (χ1v) is 6.54. The van der Waals surface area contributed by atoms with Crippen molar-refractivity contribution >= 4 is 12.1 Å². The summed E-state index contributed by atoms with van der Waals surface area (Å²) in [7, 11) is 0. The molecule has 0 atom stereocenters. The Labute approximate surface area is 126 Å². The number of aryl methyl sites for hydroxylation is 1. The summed E-state index contributed by atoms with van der Waals surface area (Å²) in [5.74, 6) is -1.11. The maximum atomic E-state index is 13.0. The number of amides is 1. The second kappa shape index (κ2) is 6.82. The van der Waals surface area contributed by atoms with Gasteiger partial charge in [-0.3, -0.25) is 4.79 Å². The van der Waals surface area contributed by atoms with Crippen LogP contribution in [0.4, 0.5) is 4.39 Å². The minimum Gasteiger partial charge on any atom is -0.507 e. The lowest BCUT2D eigenvalue weighted by Gasteiger charge is -2.07. The van der Waals surface area contributed by atoms with E-state index in [-0.39, 0.29) is 17.9 Å². The zero-order valence-electron chi connectivity index (χ0n) is 11.9. The van der Waals surface area contributed by atoms with Crippen molar-refractivity contribution in [3.05, 3.63) is 64.5 Å². The van der Waals surface area contributed by atoms with E-state index >= 15 is 0 Å². The monoisotopic (exact) mass is 302 g/mol. The molecule has 0 fully saturated rings. The van der Waals surface area contributed by atoms with Gasteiger partial charge in [0, 0.05) is 11.1 Å². The molecule has 0 aliphatic rings. The number of halogens is 1. The number of phenolic OH excluding ortho intramolecular Hbond substituents is 1. The second-order valence-electron chi connectivity index (χ2n) is 4.67. The molecule has 0 aromatic heterocycles. The summed E-state index contributed by atoms with van der Waals surface area (Å²) in [5.41, 5.74) is 3.80. The van der Waals surface area contributed by atoms with E-state index < -0.39 is 11.7 Å². The highest BCUT2D eigenvalue weighted by Crippen LogP contribution is 2.23. The van der Waals surface area contributed by atoms with Crippen LogP contribution in [0.3, 0.4) is 0 Å². The molecule has 5 nitrogen and oxygen atoms in total. The van der Waals surface area contributed by atoms with Crippen molar-refractivity contribution in [1.29, 1.82) is 0 Å². The van der Waals surface area contributed by atoms with Gasteiger partial charge in [0.25, 0.3) is 5.91 Å². The van der Waals surface area contributed by atoms with E-state index in [1.165, 1.54) is 24.4 Å². The lowest BCUT2D eigenvalue weighted by molar-refractivity contribution is 0.0954. The van der Waals surface area contributed by atoms with Crippen LogP contribution in [0, 0.1) is 12.7 Å². The third-order valence-corrected chi connectivity index (χ3v) is 3.13. The fraction of sp³-hybridized carbons (Fsp3) is 0.125. The van der Waals surface area contributed by atoms with Crippen molar-refractivity contribution in [3.8, 4) is 5.75 Å². The maximum Gasteiger partial charge on any atom is 0.271 e. The fourth-order valence-corrected chi connectivity index (χ4v) is 1.89. The number of phenols is 1. The predicted octanol–water partition coefficient (Wildman–Crippen LogP) is 2.10. The van der Waals surface area contributed by atoms with Crippen LogP contribution in [-0.4, -0.2) is 22.3 Å². The molecular formula is C16H15FN2O3. The molecule has 0 aliphatic heterocycles. The number of rotatable bonds is 4. The number of aliphatic hydroxyl groups excluding tert-OH is 1. The van der Waals surface area contributed by atoms with E-state index in [4.69, 9.17) is 0 Å². The summed E-state index contributed by atoms with van der Waals surface area (Å²) in [5, 5.41) is 23.0. The Morgan fingerprint density at radius 2 is 2.14 bits per heavy atom. The number of hydrogen-bond donors (Lipinski definition) is 3. The molecule has 0 unspecified atom stereocenters. The van der Waals surface area contributed by atoms with E-state index in [1.54, 1.807) is 19.1 Å². The van der Waals surface area contributed by atoms with Gasteiger partial charge in [0.2, 0.25) is 0 Å². The molecule has 0 spiro atoms. The zero-order valence-corrected chi connectivity index (χ0v) is 11.9. The number of aliphatic hydroxyl groups is 1. The Morgan fingerprint density at radius 1 is 1.36 bits per heavy atom. The van der Waals surface area contributed by atoms with Crippen LogP contribution in [0.1, 0.15) is 27.0 Å². The Bertz CT molecular complexity index is 729. The third kappa shape index (κ3) is 3.48. The SMILES string of the molecule is Cc1ccc(CO)c(C=NNC(=O)c2cccc(F)c2)c1O. The molecule has 2 rings (SSSR count). The smallest absolute Gasteiger partial charge is 0.271 e. The quantitative estimate of drug-likeness (QED) is 0.597. The van der Waals surface area contributed by atoms with Crippen molar-refractivity contribution in [3.63, 3.8) is 0 Å². The lowest BCUT2D eigenvalue weighted by atomic mass is 10.0. The molecule has 22 heavy (non-hydrogen) atoms. The van der Waals surface area contributed by atoms with Crippen LogP contribution in [-0.2, 0) is 6.61 Å². The van der Waals surface area contributed by atoms with Crippen LogP contribution >= 0.6 is 0 Å². The first kappa shape index (κ1) is 15.7. The van der Waals surface area contributed by atoms with Crippen molar-refractivity contribution < 1.29 is 19.4 Å². The van der Waals surface area contributed by atoms with E-state index in [2.05, 4.69) is 10.5 Å². The summed E-state index contributed by atoms with van der Waals surface area (Å²) >= 11 is 0. The van der Waals surface area contributed by atoms with Gasteiger partial charge in [0.1, 0.15) is 11.6 Å². The Balaban J connectivity index is 2.16. The number of carbonyl (C=O) groups is 1. The molecule has 0 aliphatic carbocycles. The fourth-order valence-electron chi connectivity index (χ4n) is 1.89. The molecule has 0 saturated heterocycles. The van der Waals surface area contributed by atoms with Gasteiger partial charge in [-0.05, 0) is 36.2 Å². The van der Waals surface area contributed by atoms with Gasteiger partial charge in [-0.15, -0.1) is 0 Å². The van der Waals surface area contributed by atoms with Gasteiger partial charge >= 0.3 is 0 Å². The molecule has 3 N–H and O–H groups in total. The van der Waals surface area contributed by atoms with Gasteiger partial charge in [0.15, 0.2) is 0 Å². The molecular weight excluding hydrogens is 287 g/mol. The Morgan fingerprint density at radius 3 is 2.82 bits per heavy atom. The van der Waals surface area contributed by atoms with Gasteiger partial charge in [-0.25, -0.2) is 9.82 Å². The van der Waals surface area contributed by atoms with E-state index in [0.717, 1.165) is 6.07 Å². The van der Waals surface area contributed by atoms with Crippen molar-refractivity contribution in [1.82, 2.24) is 5.43 Å². The Hall–Kier alpha value is -2.73. The summed E-state index contributed by atoms with van der Waals surface area (Å²) in [6.45, 7) is 1.44. The number of carbonyl (C=O) groups excluding carboxylic acids is 1. The highest BCUT2D eigenvalue weighted by molar-refractivity contribution is 5.95. The highest BCUT2D eigenvalue weighted by Gasteiger charge is 2.09. The van der Waals surface area contributed by atoms with Gasteiger partial charge in [0.05, 0.1) is 12.8 Å². The summed E-state index contributed by atoms with van der Waals surface area (Å²) in [6.07, 6.45) is 1.24. The van der Waals surface area contributed by atoms with Crippen LogP contribution in [0.25, 0.3) is 0 Å². The standard InChI is InChI=1S/C16H15FN2O3/c1-10-5-6-12(9-20)14(15(10)21)8-18-19-16(22)11-3-2-4-13(17)7-11/h2-8,20-21H,9H2,1H3,(H,19,22). The van der Waals surface area contributed by atoms with Gasteiger partial charge < -0.3 is 10.2 Å². The van der Waals surface area contributed by atoms with Gasteiger partial charge in [-0.2, -0.15) is 5.10 Å². The van der Waals surface area contributed by atoms with Crippen molar-refractivity contribution in [2.24, 2.45) is 5.10 Å². The zero-order chi connectivity index (χ0) is 16.1. The first-order valence-electron chi connectivity index (χ1n) is 6.54. The Kier molecular flexibility index (Phi) is 4.85. The van der Waals surface area contributed by atoms with Crippen molar-refractivity contribution in [2.75, 3.05) is 0 Å². The number of hydrogen-bond acceptors (Lipinski definition) is 4. The summed E-state index contributed by atoms with van der Waals surface area (Å²) in [6, 6.07) is 8.53. The minimum atomic E-state index is -0.576. The largest absolute Gasteiger partial charge is 0.507 e. The number of aromatic hydroxyl groups is 1. The number of nitrogens with one attached hydrogen (secondary N) is 1. The average Bonchev–Trinajstić information content (AvgIpc) is 2.51. The molecule has 0 radical (unpaired) electrons. The molecule has 0 heterocycles. The molecule has 2 aromatic rings. The van der Waals surface area contributed by atoms with Crippen LogP contribution in [0.5, 0.6) is 5.75 Å².